The van der Waals surface area contributed by atoms with E-state index in [1.807, 2.05) is 23.4 Å². The maximum Gasteiger partial charge on any atom is 0.191 e. The van der Waals surface area contributed by atoms with Gasteiger partial charge in [-0.05, 0) is 19.9 Å². The van der Waals surface area contributed by atoms with Crippen LogP contribution in [0.3, 0.4) is 0 Å². The predicted molar refractivity (Wildman–Crippen MR) is 62.0 cm³/mol. The number of thioether (sulfide) groups is 1. The van der Waals surface area contributed by atoms with Crippen LogP contribution in [0, 0.1) is 0 Å². The van der Waals surface area contributed by atoms with Gasteiger partial charge in [0.05, 0.1) is 0 Å². The molecule has 1 fully saturated rings. The van der Waals surface area contributed by atoms with Gasteiger partial charge in [0.1, 0.15) is 6.33 Å². The number of aryl methyl sites for hydroxylation is 1. The molecule has 0 amide bonds. The Bertz CT molecular complexity index is 312. The molecule has 0 spiro atoms. The lowest BCUT2D eigenvalue weighted by molar-refractivity contribution is 0.404. The van der Waals surface area contributed by atoms with Gasteiger partial charge in [-0.15, -0.1) is 10.2 Å². The van der Waals surface area contributed by atoms with E-state index in [0.29, 0.717) is 11.3 Å². The third-order valence-electron chi connectivity index (χ3n) is 3.00. The van der Waals surface area contributed by atoms with Gasteiger partial charge in [0.2, 0.25) is 0 Å². The zero-order valence-corrected chi connectivity index (χ0v) is 10.1. The van der Waals surface area contributed by atoms with Gasteiger partial charge in [-0.2, -0.15) is 0 Å². The van der Waals surface area contributed by atoms with Crippen LogP contribution in [0.1, 0.15) is 25.7 Å². The Morgan fingerprint density at radius 3 is 2.93 bits per heavy atom. The lowest BCUT2D eigenvalue weighted by Gasteiger charge is -2.30. The van der Waals surface area contributed by atoms with Crippen LogP contribution in [-0.4, -0.2) is 33.1 Å². The van der Waals surface area contributed by atoms with E-state index < -0.39 is 0 Å². The highest BCUT2D eigenvalue weighted by Gasteiger charge is 2.25. The molecule has 0 saturated heterocycles. The number of nitrogens with zero attached hydrogens (tertiary/aromatic N) is 3. The summed E-state index contributed by atoms with van der Waals surface area (Å²) in [5.74, 6) is 0. The average Bonchev–Trinajstić information content (AvgIpc) is 2.65. The number of aromatic nitrogens is 3. The molecule has 1 heterocycles. The molecule has 1 aliphatic carbocycles. The van der Waals surface area contributed by atoms with Crippen LogP contribution in [0.15, 0.2) is 11.5 Å². The van der Waals surface area contributed by atoms with E-state index in [1.54, 1.807) is 6.33 Å². The first kappa shape index (κ1) is 11.0. The number of rotatable bonds is 3. The highest BCUT2D eigenvalue weighted by atomic mass is 32.2. The summed E-state index contributed by atoms with van der Waals surface area (Å²) in [6.07, 6.45) is 7.02. The molecule has 2 atom stereocenters. The fourth-order valence-corrected chi connectivity index (χ4v) is 3.38. The van der Waals surface area contributed by atoms with E-state index in [4.69, 9.17) is 0 Å². The molecule has 0 aliphatic heterocycles. The quantitative estimate of drug-likeness (QED) is 0.847. The van der Waals surface area contributed by atoms with E-state index in [2.05, 4.69) is 22.6 Å². The van der Waals surface area contributed by atoms with Gasteiger partial charge in [0, 0.05) is 18.3 Å². The van der Waals surface area contributed by atoms with E-state index in [1.165, 1.54) is 25.7 Å². The van der Waals surface area contributed by atoms with Crippen molar-refractivity contribution in [2.75, 3.05) is 7.05 Å². The fourth-order valence-electron chi connectivity index (χ4n) is 2.08. The minimum absolute atomic E-state index is 0.625. The van der Waals surface area contributed by atoms with E-state index >= 15 is 0 Å². The first-order valence-corrected chi connectivity index (χ1v) is 6.37. The predicted octanol–water partition coefficient (Wildman–Crippen LogP) is 1.44. The molecule has 4 nitrogen and oxygen atoms in total. The van der Waals surface area contributed by atoms with Gasteiger partial charge < -0.3 is 9.88 Å². The summed E-state index contributed by atoms with van der Waals surface area (Å²) in [6, 6.07) is 0.625. The lowest BCUT2D eigenvalue weighted by Crippen LogP contribution is -2.38. The van der Waals surface area contributed by atoms with Crippen molar-refractivity contribution in [3.05, 3.63) is 6.33 Å². The Morgan fingerprint density at radius 2 is 2.27 bits per heavy atom. The third-order valence-corrected chi connectivity index (χ3v) is 4.45. The second-order valence-corrected chi connectivity index (χ2v) is 5.27. The molecule has 2 unspecified atom stereocenters. The molecule has 1 aliphatic rings. The standard InChI is InChI=1S/C10H18N4S/c1-11-8-5-3-4-6-9(8)15-10-13-12-7-14(10)2/h7-9,11H,3-6H2,1-2H3. The van der Waals surface area contributed by atoms with Crippen molar-refractivity contribution >= 4 is 11.8 Å². The Kier molecular flexibility index (Phi) is 3.64. The van der Waals surface area contributed by atoms with Gasteiger partial charge in [-0.3, -0.25) is 0 Å². The summed E-state index contributed by atoms with van der Waals surface area (Å²) in [5, 5.41) is 13.1. The van der Waals surface area contributed by atoms with Crippen molar-refractivity contribution in [1.29, 1.82) is 0 Å². The number of nitrogens with one attached hydrogen (secondary N) is 1. The topological polar surface area (TPSA) is 42.7 Å². The summed E-state index contributed by atoms with van der Waals surface area (Å²) in [4.78, 5) is 0. The van der Waals surface area contributed by atoms with Crippen molar-refractivity contribution < 1.29 is 0 Å². The largest absolute Gasteiger partial charge is 0.316 e. The van der Waals surface area contributed by atoms with Gasteiger partial charge in [0.15, 0.2) is 5.16 Å². The summed E-state index contributed by atoms with van der Waals surface area (Å²) >= 11 is 1.86. The lowest BCUT2D eigenvalue weighted by atomic mass is 9.95. The molecule has 0 bridgehead atoms. The summed E-state index contributed by atoms with van der Waals surface area (Å²) in [5.41, 5.74) is 0. The molecular weight excluding hydrogens is 208 g/mol. The van der Waals surface area contributed by atoms with E-state index in [9.17, 15) is 0 Å². The van der Waals surface area contributed by atoms with Gasteiger partial charge in [0.25, 0.3) is 0 Å². The molecule has 1 saturated carbocycles. The number of hydrogen-bond donors (Lipinski definition) is 1. The van der Waals surface area contributed by atoms with Gasteiger partial charge in [-0.25, -0.2) is 0 Å². The Balaban J connectivity index is 2.00. The SMILES string of the molecule is CNC1CCCCC1Sc1nncn1C. The normalized spacial score (nSPS) is 26.8. The second-order valence-electron chi connectivity index (χ2n) is 4.06. The van der Waals surface area contributed by atoms with Crippen LogP contribution in [0.25, 0.3) is 0 Å². The van der Waals surface area contributed by atoms with Gasteiger partial charge in [-0.1, -0.05) is 24.6 Å². The van der Waals surface area contributed by atoms with Crippen LogP contribution >= 0.6 is 11.8 Å². The zero-order chi connectivity index (χ0) is 10.7. The average molecular weight is 226 g/mol. The first-order valence-electron chi connectivity index (χ1n) is 5.49. The van der Waals surface area contributed by atoms with E-state index in [-0.39, 0.29) is 0 Å². The van der Waals surface area contributed by atoms with E-state index in [0.717, 1.165) is 5.16 Å². The second kappa shape index (κ2) is 4.99. The molecule has 1 N–H and O–H groups in total. The molecular formula is C10H18N4S. The highest BCUT2D eigenvalue weighted by Crippen LogP contribution is 2.32. The fraction of sp³-hybridized carbons (Fsp3) is 0.800. The summed E-state index contributed by atoms with van der Waals surface area (Å²) in [6.45, 7) is 0. The number of hydrogen-bond acceptors (Lipinski definition) is 4. The smallest absolute Gasteiger partial charge is 0.191 e. The first-order chi connectivity index (χ1) is 7.31. The molecule has 1 aromatic rings. The molecule has 5 heteroatoms. The Labute approximate surface area is 94.8 Å². The monoisotopic (exact) mass is 226 g/mol. The van der Waals surface area contributed by atoms with Crippen LogP contribution in [0.4, 0.5) is 0 Å². The van der Waals surface area contributed by atoms with Crippen molar-refractivity contribution in [2.24, 2.45) is 7.05 Å². The van der Waals surface area contributed by atoms with Crippen LogP contribution in [0.2, 0.25) is 0 Å². The van der Waals surface area contributed by atoms with Crippen molar-refractivity contribution in [2.45, 2.75) is 42.1 Å². The Hall–Kier alpha value is -0.550. The minimum atomic E-state index is 0.625. The summed E-state index contributed by atoms with van der Waals surface area (Å²) < 4.78 is 1.99. The minimum Gasteiger partial charge on any atom is -0.316 e. The maximum atomic E-state index is 4.13. The maximum absolute atomic E-state index is 4.13. The van der Waals surface area contributed by atoms with Crippen molar-refractivity contribution in [1.82, 2.24) is 20.1 Å². The van der Waals surface area contributed by atoms with Crippen LogP contribution < -0.4 is 5.32 Å². The van der Waals surface area contributed by atoms with Crippen LogP contribution in [-0.2, 0) is 7.05 Å². The Morgan fingerprint density at radius 1 is 1.47 bits per heavy atom. The molecule has 84 valence electrons. The molecule has 1 aromatic heterocycles. The molecule has 0 aromatic carbocycles. The van der Waals surface area contributed by atoms with Crippen molar-refractivity contribution in [3.63, 3.8) is 0 Å². The highest BCUT2D eigenvalue weighted by molar-refractivity contribution is 7.99. The molecule has 0 radical (unpaired) electrons. The summed E-state index contributed by atoms with van der Waals surface area (Å²) in [7, 11) is 4.06. The molecule has 15 heavy (non-hydrogen) atoms. The van der Waals surface area contributed by atoms with Crippen molar-refractivity contribution in [3.8, 4) is 0 Å². The molecule has 2 rings (SSSR count). The third kappa shape index (κ3) is 2.52. The van der Waals surface area contributed by atoms with Gasteiger partial charge >= 0.3 is 0 Å². The zero-order valence-electron chi connectivity index (χ0n) is 9.31. The van der Waals surface area contributed by atoms with Crippen LogP contribution in [0.5, 0.6) is 0 Å².